The molecule has 0 bridgehead atoms. The number of phenols is 2. The van der Waals surface area contributed by atoms with Crippen molar-refractivity contribution in [2.24, 2.45) is 0 Å². The lowest BCUT2D eigenvalue weighted by atomic mass is 9.84. The molecular formula is C23H24O2. The molecule has 0 heterocycles. The van der Waals surface area contributed by atoms with Gasteiger partial charge < -0.3 is 10.2 Å². The molecule has 0 aliphatic heterocycles. The quantitative estimate of drug-likeness (QED) is 0.575. The van der Waals surface area contributed by atoms with E-state index in [1.807, 2.05) is 24.3 Å². The predicted molar refractivity (Wildman–Crippen MR) is 102 cm³/mol. The molecule has 0 amide bonds. The van der Waals surface area contributed by atoms with E-state index in [0.717, 1.165) is 17.5 Å². The second kappa shape index (κ2) is 7.89. The molecule has 2 N–H and O–H groups in total. The Hall–Kier alpha value is -2.74. The summed E-state index contributed by atoms with van der Waals surface area (Å²) in [7, 11) is 0. The van der Waals surface area contributed by atoms with Crippen molar-refractivity contribution < 1.29 is 10.2 Å². The van der Waals surface area contributed by atoms with Gasteiger partial charge in [-0.1, -0.05) is 61.9 Å². The Kier molecular flexibility index (Phi) is 5.39. The van der Waals surface area contributed by atoms with Crippen LogP contribution >= 0.6 is 0 Å². The molecule has 0 aliphatic rings. The summed E-state index contributed by atoms with van der Waals surface area (Å²) in [5.41, 5.74) is 4.80. The van der Waals surface area contributed by atoms with Crippen molar-refractivity contribution in [3.8, 4) is 11.5 Å². The normalized spacial score (nSPS) is 11.0. The first-order chi connectivity index (χ1) is 12.2. The number of aromatic hydroxyl groups is 2. The predicted octanol–water partition coefficient (Wildman–Crippen LogP) is 5.62. The van der Waals surface area contributed by atoms with E-state index in [2.05, 4.69) is 31.2 Å². The Morgan fingerprint density at radius 1 is 0.640 bits per heavy atom. The summed E-state index contributed by atoms with van der Waals surface area (Å²) in [6, 6.07) is 23.5. The van der Waals surface area contributed by atoms with Crippen molar-refractivity contribution in [3.63, 3.8) is 0 Å². The molecule has 3 aromatic rings. The molecule has 0 aliphatic carbocycles. The van der Waals surface area contributed by atoms with Crippen LogP contribution in [0.3, 0.4) is 0 Å². The number of unbranched alkanes of at least 4 members (excludes halogenated alkanes) is 1. The minimum atomic E-state index is 0.0708. The average molecular weight is 332 g/mol. The maximum atomic E-state index is 9.60. The van der Waals surface area contributed by atoms with Gasteiger partial charge in [-0.05, 0) is 59.4 Å². The van der Waals surface area contributed by atoms with Crippen molar-refractivity contribution in [2.45, 2.75) is 32.1 Å². The zero-order valence-electron chi connectivity index (χ0n) is 14.5. The number of benzene rings is 3. The monoisotopic (exact) mass is 332 g/mol. The van der Waals surface area contributed by atoms with Gasteiger partial charge in [-0.25, -0.2) is 0 Å². The molecule has 2 nitrogen and oxygen atoms in total. The lowest BCUT2D eigenvalue weighted by Gasteiger charge is -2.19. The molecular weight excluding hydrogens is 308 g/mol. The average Bonchev–Trinajstić information content (AvgIpc) is 2.64. The highest BCUT2D eigenvalue weighted by molar-refractivity contribution is 5.45. The Balaban J connectivity index is 1.98. The highest BCUT2D eigenvalue weighted by Gasteiger charge is 2.17. The summed E-state index contributed by atoms with van der Waals surface area (Å²) in [4.78, 5) is 0. The third kappa shape index (κ3) is 4.21. The smallest absolute Gasteiger partial charge is 0.115 e. The van der Waals surface area contributed by atoms with Crippen LogP contribution in [-0.4, -0.2) is 10.2 Å². The van der Waals surface area contributed by atoms with Gasteiger partial charge in [0.05, 0.1) is 0 Å². The first-order valence-corrected chi connectivity index (χ1v) is 8.84. The summed E-state index contributed by atoms with van der Waals surface area (Å²) >= 11 is 0. The molecule has 3 aromatic carbocycles. The minimum Gasteiger partial charge on any atom is -0.508 e. The molecule has 0 fully saturated rings. The van der Waals surface area contributed by atoms with Crippen LogP contribution in [0.4, 0.5) is 0 Å². The maximum Gasteiger partial charge on any atom is 0.115 e. The van der Waals surface area contributed by atoms with E-state index in [9.17, 15) is 10.2 Å². The van der Waals surface area contributed by atoms with E-state index in [1.54, 1.807) is 24.3 Å². The molecule has 0 saturated carbocycles. The summed E-state index contributed by atoms with van der Waals surface area (Å²) < 4.78 is 0. The van der Waals surface area contributed by atoms with Crippen LogP contribution in [0.15, 0.2) is 72.8 Å². The zero-order valence-corrected chi connectivity index (χ0v) is 14.5. The summed E-state index contributed by atoms with van der Waals surface area (Å²) in [6.07, 6.45) is 3.52. The van der Waals surface area contributed by atoms with Gasteiger partial charge in [-0.15, -0.1) is 0 Å². The highest BCUT2D eigenvalue weighted by Crippen LogP contribution is 2.33. The summed E-state index contributed by atoms with van der Waals surface area (Å²) in [6.45, 7) is 2.21. The number of aryl methyl sites for hydroxylation is 1. The molecule has 0 aromatic heterocycles. The molecule has 0 unspecified atom stereocenters. The van der Waals surface area contributed by atoms with Gasteiger partial charge in [0, 0.05) is 5.92 Å². The van der Waals surface area contributed by atoms with E-state index in [1.165, 1.54) is 24.0 Å². The SMILES string of the molecule is CCCCc1ccc(C(c2ccc(O)cc2)c2ccc(O)cc2)cc1. The van der Waals surface area contributed by atoms with E-state index in [4.69, 9.17) is 0 Å². The van der Waals surface area contributed by atoms with E-state index in [0.29, 0.717) is 0 Å². The van der Waals surface area contributed by atoms with Gasteiger partial charge in [0.15, 0.2) is 0 Å². The van der Waals surface area contributed by atoms with E-state index >= 15 is 0 Å². The number of hydrogen-bond acceptors (Lipinski definition) is 2. The van der Waals surface area contributed by atoms with Crippen LogP contribution in [0.1, 0.15) is 47.9 Å². The molecule has 25 heavy (non-hydrogen) atoms. The van der Waals surface area contributed by atoms with Crippen molar-refractivity contribution >= 4 is 0 Å². The summed E-state index contributed by atoms with van der Waals surface area (Å²) in [5, 5.41) is 19.2. The van der Waals surface area contributed by atoms with E-state index < -0.39 is 0 Å². The maximum absolute atomic E-state index is 9.60. The largest absolute Gasteiger partial charge is 0.508 e. The lowest BCUT2D eigenvalue weighted by Crippen LogP contribution is -2.03. The fourth-order valence-corrected chi connectivity index (χ4v) is 3.17. The van der Waals surface area contributed by atoms with E-state index in [-0.39, 0.29) is 17.4 Å². The molecule has 128 valence electrons. The van der Waals surface area contributed by atoms with Gasteiger partial charge >= 0.3 is 0 Å². The molecule has 3 rings (SSSR count). The van der Waals surface area contributed by atoms with Crippen molar-refractivity contribution in [1.82, 2.24) is 0 Å². The summed E-state index contributed by atoms with van der Waals surface area (Å²) in [5.74, 6) is 0.604. The first-order valence-electron chi connectivity index (χ1n) is 8.84. The van der Waals surface area contributed by atoms with Crippen LogP contribution in [0, 0.1) is 0 Å². The van der Waals surface area contributed by atoms with Crippen molar-refractivity contribution in [1.29, 1.82) is 0 Å². The van der Waals surface area contributed by atoms with Gasteiger partial charge in [0.2, 0.25) is 0 Å². The zero-order chi connectivity index (χ0) is 17.6. The van der Waals surface area contributed by atoms with Gasteiger partial charge in [0.1, 0.15) is 11.5 Å². The van der Waals surface area contributed by atoms with Crippen LogP contribution in [-0.2, 0) is 6.42 Å². The Morgan fingerprint density at radius 3 is 1.44 bits per heavy atom. The molecule has 0 atom stereocenters. The number of rotatable bonds is 6. The number of hydrogen-bond donors (Lipinski definition) is 2. The Morgan fingerprint density at radius 2 is 1.04 bits per heavy atom. The fourth-order valence-electron chi connectivity index (χ4n) is 3.17. The van der Waals surface area contributed by atoms with Crippen LogP contribution in [0.5, 0.6) is 11.5 Å². The van der Waals surface area contributed by atoms with Crippen molar-refractivity contribution in [2.75, 3.05) is 0 Å². The van der Waals surface area contributed by atoms with Gasteiger partial charge in [0.25, 0.3) is 0 Å². The third-order valence-corrected chi connectivity index (χ3v) is 4.58. The van der Waals surface area contributed by atoms with Gasteiger partial charge in [-0.3, -0.25) is 0 Å². The molecule has 0 radical (unpaired) electrons. The molecule has 2 heteroatoms. The van der Waals surface area contributed by atoms with Crippen molar-refractivity contribution in [3.05, 3.63) is 95.1 Å². The first kappa shape index (κ1) is 17.1. The molecule has 0 saturated heterocycles. The fraction of sp³-hybridized carbons (Fsp3) is 0.217. The third-order valence-electron chi connectivity index (χ3n) is 4.58. The standard InChI is InChI=1S/C23H24O2/c1-2-3-4-17-5-7-18(8-6-17)23(19-9-13-21(24)14-10-19)20-11-15-22(25)16-12-20/h5-16,23-25H,2-4H2,1H3. The highest BCUT2D eigenvalue weighted by atomic mass is 16.3. The lowest BCUT2D eigenvalue weighted by molar-refractivity contribution is 0.475. The van der Waals surface area contributed by atoms with Crippen LogP contribution < -0.4 is 0 Å². The van der Waals surface area contributed by atoms with Gasteiger partial charge in [-0.2, -0.15) is 0 Å². The van der Waals surface area contributed by atoms with Crippen LogP contribution in [0.2, 0.25) is 0 Å². The molecule has 0 spiro atoms. The number of phenolic OH excluding ortho intramolecular Hbond substituents is 2. The van der Waals surface area contributed by atoms with Crippen LogP contribution in [0.25, 0.3) is 0 Å². The second-order valence-electron chi connectivity index (χ2n) is 6.46. The topological polar surface area (TPSA) is 40.5 Å². The minimum absolute atomic E-state index is 0.0708. The Labute approximate surface area is 149 Å². The second-order valence-corrected chi connectivity index (χ2v) is 6.46. The Bertz CT molecular complexity index is 742.